The summed E-state index contributed by atoms with van der Waals surface area (Å²) < 4.78 is 9.56. The van der Waals surface area contributed by atoms with Gasteiger partial charge >= 0.3 is 11.9 Å². The number of aliphatic hydroxyl groups is 3. The van der Waals surface area contributed by atoms with Gasteiger partial charge in [0.25, 0.3) is 0 Å². The Morgan fingerprint density at radius 1 is 1.14 bits per heavy atom. The molecule has 1 saturated carbocycles. The third kappa shape index (κ3) is 3.27. The van der Waals surface area contributed by atoms with E-state index in [0.29, 0.717) is 0 Å². The zero-order valence-corrected chi connectivity index (χ0v) is 12.0. The molecule has 0 spiro atoms. The number of benzene rings is 1. The average Bonchev–Trinajstić information content (AvgIpc) is 2.50. The number of hydrogen-bond donors (Lipinski definition) is 3. The van der Waals surface area contributed by atoms with Crippen LogP contribution in [-0.2, 0) is 14.3 Å². The maximum Gasteiger partial charge on any atom is 0.338 e. The molecule has 7 heteroatoms. The molecule has 0 amide bonds. The molecular weight excluding hydrogens is 292 g/mol. The Balaban J connectivity index is 2.08. The van der Waals surface area contributed by atoms with Crippen LogP contribution in [0, 0.1) is 0 Å². The summed E-state index contributed by atoms with van der Waals surface area (Å²) in [5.74, 6) is -1.65. The summed E-state index contributed by atoms with van der Waals surface area (Å²) in [6.45, 7) is 0. The molecule has 0 unspecified atom stereocenters. The number of carbonyl (C=O) groups excluding carboxylic acids is 2. The summed E-state index contributed by atoms with van der Waals surface area (Å²) in [4.78, 5) is 23.5. The lowest BCUT2D eigenvalue weighted by molar-refractivity contribution is -0.190. The highest BCUT2D eigenvalue weighted by Gasteiger charge is 2.51. The molecule has 0 aromatic heterocycles. The fraction of sp³-hybridized carbons (Fsp3) is 0.467. The normalized spacial score (nSPS) is 31.4. The van der Waals surface area contributed by atoms with Gasteiger partial charge in [-0.2, -0.15) is 0 Å². The van der Waals surface area contributed by atoms with Crippen molar-refractivity contribution >= 4 is 11.9 Å². The number of carbonyl (C=O) groups is 2. The zero-order chi connectivity index (χ0) is 16.3. The van der Waals surface area contributed by atoms with E-state index in [4.69, 9.17) is 4.74 Å². The average molecular weight is 310 g/mol. The minimum atomic E-state index is -2.00. The van der Waals surface area contributed by atoms with E-state index in [-0.39, 0.29) is 18.4 Å². The summed E-state index contributed by atoms with van der Waals surface area (Å²) in [6, 6.07) is 8.11. The van der Waals surface area contributed by atoms with Gasteiger partial charge in [-0.15, -0.1) is 0 Å². The minimum absolute atomic E-state index is 0.274. The molecule has 1 aromatic carbocycles. The third-order valence-corrected chi connectivity index (χ3v) is 3.67. The number of aliphatic hydroxyl groups excluding tert-OH is 2. The van der Waals surface area contributed by atoms with E-state index in [9.17, 15) is 24.9 Å². The molecule has 3 N–H and O–H groups in total. The van der Waals surface area contributed by atoms with Gasteiger partial charge in [0.05, 0.1) is 24.9 Å². The number of methoxy groups -OCH3 is 1. The molecule has 120 valence electrons. The van der Waals surface area contributed by atoms with Gasteiger partial charge in [0.1, 0.15) is 0 Å². The Hall–Kier alpha value is -1.96. The number of hydrogen-bond acceptors (Lipinski definition) is 7. The van der Waals surface area contributed by atoms with Crippen molar-refractivity contribution in [1.82, 2.24) is 0 Å². The third-order valence-electron chi connectivity index (χ3n) is 3.67. The van der Waals surface area contributed by atoms with Crippen molar-refractivity contribution in [2.75, 3.05) is 7.11 Å². The van der Waals surface area contributed by atoms with Crippen molar-refractivity contribution in [2.45, 2.75) is 36.8 Å². The molecule has 0 aliphatic heterocycles. The van der Waals surface area contributed by atoms with Gasteiger partial charge in [-0.05, 0) is 12.1 Å². The van der Waals surface area contributed by atoms with E-state index in [1.807, 2.05) is 0 Å². The Morgan fingerprint density at radius 2 is 1.68 bits per heavy atom. The van der Waals surface area contributed by atoms with Crippen LogP contribution in [0.25, 0.3) is 0 Å². The Bertz CT molecular complexity index is 530. The molecule has 1 fully saturated rings. The Kier molecular flexibility index (Phi) is 4.80. The van der Waals surface area contributed by atoms with E-state index in [1.165, 1.54) is 12.1 Å². The molecule has 1 aromatic rings. The quantitative estimate of drug-likeness (QED) is 0.653. The van der Waals surface area contributed by atoms with Crippen LogP contribution in [0.15, 0.2) is 30.3 Å². The van der Waals surface area contributed by atoms with Crippen molar-refractivity contribution in [3.8, 4) is 0 Å². The highest BCUT2D eigenvalue weighted by molar-refractivity contribution is 5.89. The highest BCUT2D eigenvalue weighted by atomic mass is 16.6. The van der Waals surface area contributed by atoms with Crippen LogP contribution in [0.5, 0.6) is 0 Å². The van der Waals surface area contributed by atoms with Crippen LogP contribution in [0.2, 0.25) is 0 Å². The molecule has 0 heterocycles. The van der Waals surface area contributed by atoms with Crippen molar-refractivity contribution in [3.05, 3.63) is 35.9 Å². The van der Waals surface area contributed by atoms with Crippen molar-refractivity contribution in [3.63, 3.8) is 0 Å². The second-order valence-corrected chi connectivity index (χ2v) is 5.30. The Labute approximate surface area is 127 Å². The molecule has 22 heavy (non-hydrogen) atoms. The number of esters is 2. The molecule has 7 nitrogen and oxygen atoms in total. The Morgan fingerprint density at radius 3 is 2.18 bits per heavy atom. The highest BCUT2D eigenvalue weighted by Crippen LogP contribution is 2.32. The van der Waals surface area contributed by atoms with E-state index in [2.05, 4.69) is 4.74 Å². The van der Waals surface area contributed by atoms with Gasteiger partial charge in [0, 0.05) is 12.8 Å². The van der Waals surface area contributed by atoms with Crippen LogP contribution in [0.3, 0.4) is 0 Å². The summed E-state index contributed by atoms with van der Waals surface area (Å²) in [5.41, 5.74) is -1.72. The van der Waals surface area contributed by atoms with Crippen LogP contribution < -0.4 is 0 Å². The molecule has 1 aliphatic rings. The standard InChI is InChI=1S/C15H18O7/c1-21-14(19)15(20)7-10(16)12(11(17)8-15)22-13(18)9-5-3-2-4-6-9/h2-6,10-12,16-17,20H,7-8H2,1H3/t10-,11-,12?,15?/m1/s1. The summed E-state index contributed by atoms with van der Waals surface area (Å²) in [6.07, 6.45) is -4.77. The predicted molar refractivity (Wildman–Crippen MR) is 73.9 cm³/mol. The predicted octanol–water partition coefficient (Wildman–Crippen LogP) is -0.368. The van der Waals surface area contributed by atoms with E-state index in [1.54, 1.807) is 18.2 Å². The van der Waals surface area contributed by atoms with Crippen molar-refractivity contribution in [2.24, 2.45) is 0 Å². The topological polar surface area (TPSA) is 113 Å². The van der Waals surface area contributed by atoms with Crippen molar-refractivity contribution < 1.29 is 34.4 Å². The first kappa shape index (κ1) is 16.4. The first-order valence-corrected chi connectivity index (χ1v) is 6.80. The molecular formula is C15H18O7. The van der Waals surface area contributed by atoms with Gasteiger partial charge in [-0.3, -0.25) is 0 Å². The van der Waals surface area contributed by atoms with Gasteiger partial charge in [-0.25, -0.2) is 9.59 Å². The largest absolute Gasteiger partial charge is 0.467 e. The van der Waals surface area contributed by atoms with Gasteiger partial charge in [0.15, 0.2) is 11.7 Å². The summed E-state index contributed by atoms with van der Waals surface area (Å²) >= 11 is 0. The van der Waals surface area contributed by atoms with Gasteiger partial charge in [-0.1, -0.05) is 18.2 Å². The minimum Gasteiger partial charge on any atom is -0.467 e. The number of rotatable bonds is 3. The fourth-order valence-corrected chi connectivity index (χ4v) is 2.54. The molecule has 2 atom stereocenters. The fourth-order valence-electron chi connectivity index (χ4n) is 2.54. The second kappa shape index (κ2) is 6.43. The summed E-state index contributed by atoms with van der Waals surface area (Å²) in [7, 11) is 1.10. The SMILES string of the molecule is COC(=O)C1(O)C[C@@H](O)C(OC(=O)c2ccccc2)[C@H](O)C1. The zero-order valence-electron chi connectivity index (χ0n) is 12.0. The second-order valence-electron chi connectivity index (χ2n) is 5.30. The van der Waals surface area contributed by atoms with Gasteiger partial charge in [0.2, 0.25) is 0 Å². The lowest BCUT2D eigenvalue weighted by atomic mass is 9.79. The van der Waals surface area contributed by atoms with Crippen LogP contribution in [0.4, 0.5) is 0 Å². The van der Waals surface area contributed by atoms with Crippen LogP contribution in [-0.4, -0.2) is 58.3 Å². The van der Waals surface area contributed by atoms with E-state index < -0.39 is 35.9 Å². The van der Waals surface area contributed by atoms with E-state index in [0.717, 1.165) is 7.11 Å². The molecule has 0 saturated heterocycles. The first-order valence-electron chi connectivity index (χ1n) is 6.80. The smallest absolute Gasteiger partial charge is 0.338 e. The monoisotopic (exact) mass is 310 g/mol. The summed E-state index contributed by atoms with van der Waals surface area (Å²) in [5, 5.41) is 30.1. The lowest BCUT2D eigenvalue weighted by Gasteiger charge is -2.39. The molecule has 1 aliphatic carbocycles. The van der Waals surface area contributed by atoms with Gasteiger partial charge < -0.3 is 24.8 Å². The van der Waals surface area contributed by atoms with Crippen LogP contribution in [0.1, 0.15) is 23.2 Å². The molecule has 0 radical (unpaired) electrons. The first-order chi connectivity index (χ1) is 10.4. The molecule has 0 bridgehead atoms. The van der Waals surface area contributed by atoms with Crippen molar-refractivity contribution in [1.29, 1.82) is 0 Å². The lowest BCUT2D eigenvalue weighted by Crippen LogP contribution is -2.57. The van der Waals surface area contributed by atoms with E-state index >= 15 is 0 Å². The van der Waals surface area contributed by atoms with Crippen LogP contribution >= 0.6 is 0 Å². The number of ether oxygens (including phenoxy) is 2. The maximum atomic E-state index is 12.0. The molecule has 2 rings (SSSR count). The maximum absolute atomic E-state index is 12.0.